The minimum absolute atomic E-state index is 0. The number of nitrogens with zero attached hydrogens (tertiary/aromatic N) is 2. The third-order valence-corrected chi connectivity index (χ3v) is 4.45. The molecule has 0 aromatic heterocycles. The van der Waals surface area contributed by atoms with Gasteiger partial charge in [-0.05, 0) is 31.0 Å². The van der Waals surface area contributed by atoms with Crippen LogP contribution < -0.4 is 21.1 Å². The van der Waals surface area contributed by atoms with E-state index < -0.39 is 6.61 Å². The molecule has 0 bridgehead atoms. The second-order valence-corrected chi connectivity index (χ2v) is 6.65. The van der Waals surface area contributed by atoms with E-state index in [1.165, 1.54) is 12.1 Å². The number of benzene rings is 1. The highest BCUT2D eigenvalue weighted by Gasteiger charge is 2.21. The van der Waals surface area contributed by atoms with Gasteiger partial charge in [0, 0.05) is 43.3 Å². The molecule has 0 saturated carbocycles. The quantitative estimate of drug-likeness (QED) is 0.285. The first-order valence-corrected chi connectivity index (χ1v) is 8.96. The number of nitrogens with two attached hydrogens (primary N) is 1. The van der Waals surface area contributed by atoms with Crippen LogP contribution in [0.4, 0.5) is 8.78 Å². The summed E-state index contributed by atoms with van der Waals surface area (Å²) in [5.74, 6) is 0.283. The fourth-order valence-electron chi connectivity index (χ4n) is 2.92. The number of likely N-dealkylation sites (tertiary alicyclic amines) is 1. The van der Waals surface area contributed by atoms with Gasteiger partial charge in [0.15, 0.2) is 5.96 Å². The van der Waals surface area contributed by atoms with Gasteiger partial charge in [-0.1, -0.05) is 11.6 Å². The Morgan fingerprint density at radius 2 is 2.11 bits per heavy atom. The predicted octanol–water partition coefficient (Wildman–Crippen LogP) is 2.17. The predicted molar refractivity (Wildman–Crippen MR) is 115 cm³/mol. The first-order valence-electron chi connectivity index (χ1n) is 8.58. The van der Waals surface area contributed by atoms with E-state index in [1.807, 2.05) is 4.90 Å². The van der Waals surface area contributed by atoms with Crippen LogP contribution in [0.25, 0.3) is 0 Å². The molecule has 28 heavy (non-hydrogen) atoms. The lowest BCUT2D eigenvalue weighted by Gasteiger charge is -2.32. The van der Waals surface area contributed by atoms with Gasteiger partial charge >= 0.3 is 6.61 Å². The SMILES string of the molecule is CN=C(NCc1cc(Cl)ccc1OC(F)F)NC1CCN(CC(N)=O)CC1.I. The highest BCUT2D eigenvalue weighted by atomic mass is 127. The van der Waals surface area contributed by atoms with Crippen molar-refractivity contribution in [2.75, 3.05) is 26.7 Å². The lowest BCUT2D eigenvalue weighted by Crippen LogP contribution is -2.49. The van der Waals surface area contributed by atoms with E-state index in [9.17, 15) is 13.6 Å². The second-order valence-electron chi connectivity index (χ2n) is 6.22. The molecule has 0 unspecified atom stereocenters. The van der Waals surface area contributed by atoms with Crippen LogP contribution in [0.1, 0.15) is 18.4 Å². The molecular weight excluding hydrogens is 507 g/mol. The van der Waals surface area contributed by atoms with Gasteiger partial charge in [-0.25, -0.2) is 0 Å². The lowest BCUT2D eigenvalue weighted by atomic mass is 10.1. The Balaban J connectivity index is 0.00000392. The molecule has 0 radical (unpaired) electrons. The highest BCUT2D eigenvalue weighted by Crippen LogP contribution is 2.24. The molecule has 1 saturated heterocycles. The number of halogens is 4. The van der Waals surface area contributed by atoms with E-state index >= 15 is 0 Å². The number of alkyl halides is 2. The van der Waals surface area contributed by atoms with Gasteiger partial charge in [0.1, 0.15) is 5.75 Å². The van der Waals surface area contributed by atoms with Crippen molar-refractivity contribution in [2.45, 2.75) is 32.0 Å². The van der Waals surface area contributed by atoms with Crippen molar-refractivity contribution in [2.24, 2.45) is 10.7 Å². The summed E-state index contributed by atoms with van der Waals surface area (Å²) in [5.41, 5.74) is 5.72. The number of carbonyl (C=O) groups is 1. The summed E-state index contributed by atoms with van der Waals surface area (Å²) in [5, 5.41) is 6.81. The van der Waals surface area contributed by atoms with Crippen LogP contribution in [0.3, 0.4) is 0 Å². The summed E-state index contributed by atoms with van der Waals surface area (Å²) in [6.07, 6.45) is 1.68. The fourth-order valence-corrected chi connectivity index (χ4v) is 3.11. The summed E-state index contributed by atoms with van der Waals surface area (Å²) in [6, 6.07) is 4.67. The average molecular weight is 532 g/mol. The van der Waals surface area contributed by atoms with Crippen LogP contribution in [0, 0.1) is 0 Å². The van der Waals surface area contributed by atoms with Crippen molar-refractivity contribution in [3.05, 3.63) is 28.8 Å². The van der Waals surface area contributed by atoms with Gasteiger partial charge in [0.25, 0.3) is 0 Å². The first-order chi connectivity index (χ1) is 12.9. The Kier molecular flexibility index (Phi) is 10.8. The van der Waals surface area contributed by atoms with E-state index in [0.717, 1.165) is 25.9 Å². The number of amides is 1. The Hall–Kier alpha value is -1.40. The molecule has 7 nitrogen and oxygen atoms in total. The van der Waals surface area contributed by atoms with Crippen LogP contribution in [0.2, 0.25) is 5.02 Å². The number of hydrogen-bond acceptors (Lipinski definition) is 4. The number of carbonyl (C=O) groups excluding carboxylic acids is 1. The molecule has 1 amide bonds. The Bertz CT molecular complexity index is 673. The summed E-state index contributed by atoms with van der Waals surface area (Å²) in [7, 11) is 1.63. The van der Waals surface area contributed by atoms with Crippen molar-refractivity contribution < 1.29 is 18.3 Å². The molecule has 1 aromatic carbocycles. The Morgan fingerprint density at radius 3 is 2.68 bits per heavy atom. The van der Waals surface area contributed by atoms with Crippen molar-refractivity contribution in [1.82, 2.24) is 15.5 Å². The summed E-state index contributed by atoms with van der Waals surface area (Å²) in [4.78, 5) is 17.2. The molecule has 1 aliphatic heterocycles. The zero-order valence-electron chi connectivity index (χ0n) is 15.5. The van der Waals surface area contributed by atoms with E-state index in [1.54, 1.807) is 13.1 Å². The van der Waals surface area contributed by atoms with Crippen LogP contribution in [0.15, 0.2) is 23.2 Å². The molecule has 1 aromatic rings. The molecular formula is C17H25ClF2IN5O2. The smallest absolute Gasteiger partial charge is 0.387 e. The van der Waals surface area contributed by atoms with Crippen LogP contribution >= 0.6 is 35.6 Å². The van der Waals surface area contributed by atoms with Gasteiger partial charge < -0.3 is 21.1 Å². The van der Waals surface area contributed by atoms with E-state index in [0.29, 0.717) is 16.5 Å². The van der Waals surface area contributed by atoms with Crippen molar-refractivity contribution >= 4 is 47.4 Å². The second kappa shape index (κ2) is 12.2. The zero-order valence-corrected chi connectivity index (χ0v) is 18.5. The van der Waals surface area contributed by atoms with Gasteiger partial charge in [0.05, 0.1) is 6.54 Å². The fraction of sp³-hybridized carbons (Fsp3) is 0.529. The molecule has 158 valence electrons. The molecule has 0 spiro atoms. The van der Waals surface area contributed by atoms with E-state index in [-0.39, 0.29) is 54.8 Å². The summed E-state index contributed by atoms with van der Waals surface area (Å²) >= 11 is 5.95. The Labute approximate surface area is 185 Å². The van der Waals surface area contributed by atoms with Crippen LogP contribution in [-0.4, -0.2) is 56.1 Å². The Morgan fingerprint density at radius 1 is 1.43 bits per heavy atom. The van der Waals surface area contributed by atoms with Crippen LogP contribution in [-0.2, 0) is 11.3 Å². The van der Waals surface area contributed by atoms with E-state index in [2.05, 4.69) is 20.4 Å². The summed E-state index contributed by atoms with van der Waals surface area (Å²) < 4.78 is 29.6. The number of hydrogen-bond donors (Lipinski definition) is 3. The van der Waals surface area contributed by atoms with Gasteiger partial charge in [0.2, 0.25) is 5.91 Å². The minimum atomic E-state index is -2.91. The number of guanidine groups is 1. The third-order valence-electron chi connectivity index (χ3n) is 4.22. The van der Waals surface area contributed by atoms with Crippen molar-refractivity contribution in [3.8, 4) is 5.75 Å². The molecule has 0 atom stereocenters. The lowest BCUT2D eigenvalue weighted by molar-refractivity contribution is -0.119. The maximum Gasteiger partial charge on any atom is 0.387 e. The number of nitrogens with one attached hydrogen (secondary N) is 2. The molecule has 1 fully saturated rings. The van der Waals surface area contributed by atoms with Crippen molar-refractivity contribution in [3.63, 3.8) is 0 Å². The third kappa shape index (κ3) is 8.31. The van der Waals surface area contributed by atoms with Gasteiger partial charge in [-0.3, -0.25) is 14.7 Å². The minimum Gasteiger partial charge on any atom is -0.434 e. The normalized spacial score (nSPS) is 15.8. The average Bonchev–Trinajstić information content (AvgIpc) is 2.61. The molecule has 4 N–H and O–H groups in total. The maximum atomic E-state index is 12.5. The topological polar surface area (TPSA) is 92.0 Å². The first kappa shape index (κ1) is 24.6. The number of ether oxygens (including phenoxy) is 1. The monoisotopic (exact) mass is 531 g/mol. The number of primary amides is 1. The molecule has 1 heterocycles. The van der Waals surface area contributed by atoms with Gasteiger partial charge in [-0.15, -0.1) is 24.0 Å². The highest BCUT2D eigenvalue weighted by molar-refractivity contribution is 14.0. The maximum absolute atomic E-state index is 12.5. The molecule has 0 aliphatic carbocycles. The van der Waals surface area contributed by atoms with Crippen molar-refractivity contribution in [1.29, 1.82) is 0 Å². The van der Waals surface area contributed by atoms with Crippen LogP contribution in [0.5, 0.6) is 5.75 Å². The van der Waals surface area contributed by atoms with Gasteiger partial charge in [-0.2, -0.15) is 8.78 Å². The summed E-state index contributed by atoms with van der Waals surface area (Å²) in [6.45, 7) is -0.895. The largest absolute Gasteiger partial charge is 0.434 e. The molecule has 2 rings (SSSR count). The van der Waals surface area contributed by atoms with E-state index in [4.69, 9.17) is 17.3 Å². The number of rotatable bonds is 7. The number of aliphatic imine (C=N–C) groups is 1. The molecule has 1 aliphatic rings. The zero-order chi connectivity index (χ0) is 19.8. The standard InChI is InChI=1S/C17H24ClF2N5O2.HI/c1-22-17(24-13-4-6-25(7-5-13)10-15(21)26)23-9-11-8-12(18)2-3-14(11)27-16(19)20;/h2-3,8,13,16H,4-7,9-10H2,1H3,(H2,21,26)(H2,22,23,24);1H. The molecule has 11 heteroatoms. The number of piperidine rings is 1.